The number of hydrogen-bond acceptors (Lipinski definition) is 5. The minimum atomic E-state index is -1.14. The molecule has 1 aromatic carbocycles. The van der Waals surface area contributed by atoms with E-state index in [9.17, 15) is 9.59 Å². The second kappa shape index (κ2) is 5.53. The Kier molecular flexibility index (Phi) is 3.56. The van der Waals surface area contributed by atoms with Crippen LogP contribution in [0.3, 0.4) is 0 Å². The number of nitrogens with two attached hydrogens (primary N) is 1. The average molecular weight is 316 g/mol. The number of thiazole rings is 1. The molecule has 0 amide bonds. The van der Waals surface area contributed by atoms with E-state index < -0.39 is 5.97 Å². The summed E-state index contributed by atoms with van der Waals surface area (Å²) in [4.78, 5) is 22.7. The van der Waals surface area contributed by atoms with Crippen molar-refractivity contribution in [2.24, 2.45) is 0 Å². The molecule has 0 saturated heterocycles. The Morgan fingerprint density at radius 3 is 2.82 bits per heavy atom. The third kappa shape index (κ3) is 2.66. The summed E-state index contributed by atoms with van der Waals surface area (Å²) in [6.07, 6.45) is 0. The maximum Gasteiger partial charge on any atom is 0.371 e. The first-order valence-electron chi connectivity index (χ1n) is 6.41. The maximum absolute atomic E-state index is 12.0. The zero-order chi connectivity index (χ0) is 15.7. The van der Waals surface area contributed by atoms with Crippen LogP contribution >= 0.6 is 11.3 Å². The number of carboxylic acid groups (broad SMARTS) is 1. The zero-order valence-electron chi connectivity index (χ0n) is 11.4. The summed E-state index contributed by atoms with van der Waals surface area (Å²) in [6.45, 7) is 0.166. The van der Waals surface area contributed by atoms with Crippen LogP contribution in [0.15, 0.2) is 51.0 Å². The van der Waals surface area contributed by atoms with Crippen LogP contribution in [0.2, 0.25) is 0 Å². The number of anilines is 1. The van der Waals surface area contributed by atoms with Crippen LogP contribution in [0, 0.1) is 0 Å². The van der Waals surface area contributed by atoms with Gasteiger partial charge in [-0.25, -0.2) is 4.79 Å². The van der Waals surface area contributed by atoms with Gasteiger partial charge in [0.1, 0.15) is 5.76 Å². The molecular weight excluding hydrogens is 304 g/mol. The van der Waals surface area contributed by atoms with Gasteiger partial charge in [0.15, 0.2) is 0 Å². The van der Waals surface area contributed by atoms with Crippen LogP contribution in [0.25, 0.3) is 11.3 Å². The van der Waals surface area contributed by atoms with Gasteiger partial charge in [-0.2, -0.15) is 0 Å². The molecule has 0 aliphatic rings. The number of nitrogens with zero attached hydrogens (tertiary/aromatic N) is 1. The summed E-state index contributed by atoms with van der Waals surface area (Å²) in [7, 11) is 0. The lowest BCUT2D eigenvalue weighted by atomic mass is 10.1. The number of aromatic carboxylic acids is 1. The number of carbonyl (C=O) groups is 1. The third-order valence-corrected chi connectivity index (χ3v) is 3.91. The molecule has 22 heavy (non-hydrogen) atoms. The largest absolute Gasteiger partial charge is 0.475 e. The number of hydrogen-bond donors (Lipinski definition) is 2. The van der Waals surface area contributed by atoms with E-state index in [1.54, 1.807) is 23.6 Å². The number of aromatic nitrogens is 1. The predicted molar refractivity (Wildman–Crippen MR) is 83.2 cm³/mol. The van der Waals surface area contributed by atoms with Crippen LogP contribution in [0.4, 0.5) is 5.69 Å². The molecule has 0 fully saturated rings. The van der Waals surface area contributed by atoms with E-state index in [1.807, 2.05) is 12.1 Å². The van der Waals surface area contributed by atoms with Gasteiger partial charge in [0.25, 0.3) is 0 Å². The molecular formula is C15H12N2O4S. The van der Waals surface area contributed by atoms with Crippen LogP contribution in [-0.4, -0.2) is 15.6 Å². The fraction of sp³-hybridized carbons (Fsp3) is 0.0667. The van der Waals surface area contributed by atoms with E-state index in [0.717, 1.165) is 22.6 Å². The lowest BCUT2D eigenvalue weighted by Crippen LogP contribution is -2.14. The van der Waals surface area contributed by atoms with Gasteiger partial charge in [0.05, 0.1) is 12.2 Å². The summed E-state index contributed by atoms with van der Waals surface area (Å²) < 4.78 is 6.74. The monoisotopic (exact) mass is 316 g/mol. The van der Waals surface area contributed by atoms with Crippen LogP contribution < -0.4 is 10.6 Å². The van der Waals surface area contributed by atoms with E-state index in [0.29, 0.717) is 11.4 Å². The lowest BCUT2D eigenvalue weighted by Gasteiger charge is -2.06. The summed E-state index contributed by atoms with van der Waals surface area (Å²) in [5.41, 5.74) is 7.92. The van der Waals surface area contributed by atoms with Crippen LogP contribution in [-0.2, 0) is 6.54 Å². The molecule has 0 saturated carbocycles. The van der Waals surface area contributed by atoms with Gasteiger partial charge in [0.2, 0.25) is 5.76 Å². The van der Waals surface area contributed by atoms with Gasteiger partial charge in [-0.15, -0.1) is 0 Å². The average Bonchev–Trinajstić information content (AvgIpc) is 3.08. The lowest BCUT2D eigenvalue weighted by molar-refractivity contribution is 0.0660. The smallest absolute Gasteiger partial charge is 0.371 e. The fourth-order valence-electron chi connectivity index (χ4n) is 2.14. The first-order chi connectivity index (χ1) is 10.5. The van der Waals surface area contributed by atoms with Crippen molar-refractivity contribution in [3.63, 3.8) is 0 Å². The highest BCUT2D eigenvalue weighted by molar-refractivity contribution is 7.07. The Hall–Kier alpha value is -2.80. The Labute approximate surface area is 129 Å². The number of carboxylic acids is 1. The van der Waals surface area contributed by atoms with E-state index in [-0.39, 0.29) is 17.2 Å². The van der Waals surface area contributed by atoms with Crippen molar-refractivity contribution < 1.29 is 14.3 Å². The Balaban J connectivity index is 1.99. The number of furan rings is 1. The van der Waals surface area contributed by atoms with Crippen LogP contribution in [0.1, 0.15) is 16.3 Å². The number of benzene rings is 1. The van der Waals surface area contributed by atoms with E-state index in [2.05, 4.69) is 0 Å². The number of rotatable bonds is 4. The second-order valence-electron chi connectivity index (χ2n) is 4.67. The quantitative estimate of drug-likeness (QED) is 0.721. The standard InChI is InChI=1S/C15H12N2O4S/c16-10-3-1-2-9(6-10)12-8-22-15(20)17(12)7-11-4-5-13(21-11)14(18)19/h1-6,8H,7,16H2,(H,18,19). The maximum atomic E-state index is 12.0. The normalized spacial score (nSPS) is 10.7. The topological polar surface area (TPSA) is 98.5 Å². The molecule has 2 aromatic heterocycles. The van der Waals surface area contributed by atoms with E-state index in [4.69, 9.17) is 15.3 Å². The Morgan fingerprint density at radius 2 is 2.14 bits per heavy atom. The summed E-state index contributed by atoms with van der Waals surface area (Å²) in [6, 6.07) is 10.1. The van der Waals surface area contributed by atoms with Gasteiger partial charge >= 0.3 is 10.8 Å². The number of nitrogen functional groups attached to an aromatic ring is 1. The molecule has 2 heterocycles. The molecule has 0 bridgehead atoms. The van der Waals surface area contributed by atoms with Gasteiger partial charge in [-0.3, -0.25) is 9.36 Å². The summed E-state index contributed by atoms with van der Waals surface area (Å²) in [5.74, 6) is -0.883. The molecule has 112 valence electrons. The van der Waals surface area contributed by atoms with E-state index >= 15 is 0 Å². The van der Waals surface area contributed by atoms with Gasteiger partial charge in [-0.05, 0) is 24.3 Å². The van der Waals surface area contributed by atoms with Gasteiger partial charge in [-0.1, -0.05) is 23.5 Å². The molecule has 6 nitrogen and oxygen atoms in total. The van der Waals surface area contributed by atoms with Gasteiger partial charge in [0, 0.05) is 16.6 Å². The molecule has 0 atom stereocenters. The van der Waals surface area contributed by atoms with Crippen molar-refractivity contribution in [1.82, 2.24) is 4.57 Å². The fourth-order valence-corrected chi connectivity index (χ4v) is 2.90. The predicted octanol–water partition coefficient (Wildman–Crippen LogP) is 2.50. The van der Waals surface area contributed by atoms with Crippen molar-refractivity contribution in [1.29, 1.82) is 0 Å². The van der Waals surface area contributed by atoms with Crippen molar-refractivity contribution in [2.75, 3.05) is 5.73 Å². The molecule has 0 aliphatic heterocycles. The molecule has 0 spiro atoms. The summed E-state index contributed by atoms with van der Waals surface area (Å²) >= 11 is 1.07. The minimum absolute atomic E-state index is 0.148. The zero-order valence-corrected chi connectivity index (χ0v) is 12.2. The SMILES string of the molecule is Nc1cccc(-c2csc(=O)n2Cc2ccc(C(=O)O)o2)c1. The summed E-state index contributed by atoms with van der Waals surface area (Å²) in [5, 5.41) is 10.6. The molecule has 0 aliphatic carbocycles. The third-order valence-electron chi connectivity index (χ3n) is 3.15. The molecule has 3 rings (SSSR count). The van der Waals surface area contributed by atoms with E-state index in [1.165, 1.54) is 10.6 Å². The molecule has 0 unspecified atom stereocenters. The Bertz CT molecular complexity index is 891. The van der Waals surface area contributed by atoms with Gasteiger partial charge < -0.3 is 15.3 Å². The van der Waals surface area contributed by atoms with Crippen molar-refractivity contribution >= 4 is 23.0 Å². The molecule has 7 heteroatoms. The first kappa shape index (κ1) is 14.2. The molecule has 3 N–H and O–H groups in total. The Morgan fingerprint density at radius 1 is 1.32 bits per heavy atom. The van der Waals surface area contributed by atoms with Crippen molar-refractivity contribution in [3.8, 4) is 11.3 Å². The minimum Gasteiger partial charge on any atom is -0.475 e. The first-order valence-corrected chi connectivity index (χ1v) is 7.29. The molecule has 0 radical (unpaired) electrons. The highest BCUT2D eigenvalue weighted by Gasteiger charge is 2.14. The molecule has 3 aromatic rings. The highest BCUT2D eigenvalue weighted by atomic mass is 32.1. The second-order valence-corrected chi connectivity index (χ2v) is 5.49. The van der Waals surface area contributed by atoms with Crippen LogP contribution in [0.5, 0.6) is 0 Å². The van der Waals surface area contributed by atoms with Crippen molar-refractivity contribution in [3.05, 3.63) is 63.0 Å². The highest BCUT2D eigenvalue weighted by Crippen LogP contribution is 2.23. The van der Waals surface area contributed by atoms with Crippen molar-refractivity contribution in [2.45, 2.75) is 6.54 Å².